The van der Waals surface area contributed by atoms with Crippen LogP contribution in [0.5, 0.6) is 0 Å². The third-order valence-corrected chi connectivity index (χ3v) is 2.36. The monoisotopic (exact) mass is 168 g/mol. The Hall–Kier alpha value is -0.550. The molecule has 2 heteroatoms. The summed E-state index contributed by atoms with van der Waals surface area (Å²) in [5.74, 6) is 0.692. The maximum Gasteiger partial charge on any atom is 0.0972 e. The molecule has 0 saturated carbocycles. The first-order valence-corrected chi connectivity index (χ1v) is 4.75. The van der Waals surface area contributed by atoms with Crippen LogP contribution in [-0.2, 0) is 0 Å². The van der Waals surface area contributed by atoms with E-state index in [4.69, 9.17) is 5.26 Å². The minimum Gasteiger partial charge on any atom is -0.291 e. The van der Waals surface area contributed by atoms with E-state index < -0.39 is 0 Å². The highest BCUT2D eigenvalue weighted by atomic mass is 15.1. The molecule has 0 saturated heterocycles. The van der Waals surface area contributed by atoms with Crippen molar-refractivity contribution in [3.8, 4) is 6.07 Å². The van der Waals surface area contributed by atoms with Gasteiger partial charge in [0, 0.05) is 6.54 Å². The number of hydrogen-bond acceptors (Lipinski definition) is 2. The summed E-state index contributed by atoms with van der Waals surface area (Å²) in [5, 5.41) is 8.79. The standard InChI is InChI=1S/C10H20N2/c1-5-9(3)8-12(4)10(6-2)7-11/h9-10H,5-6,8H2,1-4H3. The van der Waals surface area contributed by atoms with E-state index in [1.807, 2.05) is 7.05 Å². The predicted octanol–water partition coefficient (Wildman–Crippen LogP) is 2.27. The van der Waals surface area contributed by atoms with Gasteiger partial charge in [0.25, 0.3) is 0 Å². The highest BCUT2D eigenvalue weighted by Gasteiger charge is 2.12. The van der Waals surface area contributed by atoms with E-state index in [9.17, 15) is 0 Å². The average molecular weight is 168 g/mol. The second-order valence-corrected chi connectivity index (χ2v) is 3.51. The van der Waals surface area contributed by atoms with Gasteiger partial charge >= 0.3 is 0 Å². The van der Waals surface area contributed by atoms with Gasteiger partial charge < -0.3 is 0 Å². The van der Waals surface area contributed by atoms with Gasteiger partial charge in [0.2, 0.25) is 0 Å². The number of nitrogens with zero attached hydrogens (tertiary/aromatic N) is 2. The Morgan fingerprint density at radius 1 is 1.33 bits per heavy atom. The van der Waals surface area contributed by atoms with Gasteiger partial charge in [-0.3, -0.25) is 4.90 Å². The summed E-state index contributed by atoms with van der Waals surface area (Å²) in [7, 11) is 2.03. The summed E-state index contributed by atoms with van der Waals surface area (Å²) < 4.78 is 0. The van der Waals surface area contributed by atoms with Crippen LogP contribution in [-0.4, -0.2) is 24.5 Å². The van der Waals surface area contributed by atoms with E-state index in [0.717, 1.165) is 13.0 Å². The lowest BCUT2D eigenvalue weighted by Crippen LogP contribution is -2.33. The minimum atomic E-state index is 0.0963. The van der Waals surface area contributed by atoms with Crippen LogP contribution in [0, 0.1) is 17.2 Å². The van der Waals surface area contributed by atoms with Crippen LogP contribution in [0.1, 0.15) is 33.6 Å². The molecular formula is C10H20N2. The number of nitriles is 1. The predicted molar refractivity (Wildman–Crippen MR) is 51.8 cm³/mol. The Bertz CT molecular complexity index is 148. The van der Waals surface area contributed by atoms with Gasteiger partial charge in [-0.25, -0.2) is 0 Å². The molecule has 0 aromatic carbocycles. The normalized spacial score (nSPS) is 15.7. The van der Waals surface area contributed by atoms with E-state index in [1.54, 1.807) is 0 Å². The zero-order chi connectivity index (χ0) is 9.56. The van der Waals surface area contributed by atoms with Crippen molar-refractivity contribution in [1.29, 1.82) is 5.26 Å². The van der Waals surface area contributed by atoms with Crippen molar-refractivity contribution in [1.82, 2.24) is 4.90 Å². The largest absolute Gasteiger partial charge is 0.291 e. The smallest absolute Gasteiger partial charge is 0.0972 e. The van der Waals surface area contributed by atoms with Gasteiger partial charge in [0.15, 0.2) is 0 Å². The topological polar surface area (TPSA) is 27.0 Å². The van der Waals surface area contributed by atoms with E-state index in [0.29, 0.717) is 5.92 Å². The van der Waals surface area contributed by atoms with Gasteiger partial charge in [-0.05, 0) is 19.4 Å². The fourth-order valence-electron chi connectivity index (χ4n) is 1.25. The molecular weight excluding hydrogens is 148 g/mol. The zero-order valence-corrected chi connectivity index (χ0v) is 8.67. The van der Waals surface area contributed by atoms with Crippen molar-refractivity contribution in [2.24, 2.45) is 5.92 Å². The molecule has 0 heterocycles. The molecule has 0 aliphatic heterocycles. The zero-order valence-electron chi connectivity index (χ0n) is 8.67. The SMILES string of the molecule is CCC(C)CN(C)C(C#N)CC. The van der Waals surface area contributed by atoms with E-state index in [1.165, 1.54) is 6.42 Å². The van der Waals surface area contributed by atoms with Crippen molar-refractivity contribution >= 4 is 0 Å². The third-order valence-electron chi connectivity index (χ3n) is 2.36. The Balaban J connectivity index is 3.85. The number of rotatable bonds is 5. The first-order valence-electron chi connectivity index (χ1n) is 4.75. The molecule has 12 heavy (non-hydrogen) atoms. The van der Waals surface area contributed by atoms with Crippen LogP contribution in [0.4, 0.5) is 0 Å². The summed E-state index contributed by atoms with van der Waals surface area (Å²) in [4.78, 5) is 2.15. The molecule has 0 rings (SSSR count). The molecule has 0 aliphatic rings. The Morgan fingerprint density at radius 3 is 2.25 bits per heavy atom. The van der Waals surface area contributed by atoms with E-state index >= 15 is 0 Å². The summed E-state index contributed by atoms with van der Waals surface area (Å²) >= 11 is 0. The van der Waals surface area contributed by atoms with Crippen LogP contribution in [0.3, 0.4) is 0 Å². The molecule has 0 bridgehead atoms. The molecule has 0 aromatic heterocycles. The molecule has 0 radical (unpaired) electrons. The van der Waals surface area contributed by atoms with Gasteiger partial charge in [-0.2, -0.15) is 5.26 Å². The fourth-order valence-corrected chi connectivity index (χ4v) is 1.25. The third kappa shape index (κ3) is 3.73. The molecule has 2 atom stereocenters. The summed E-state index contributed by atoms with van der Waals surface area (Å²) in [6.07, 6.45) is 2.11. The highest BCUT2D eigenvalue weighted by Crippen LogP contribution is 2.07. The van der Waals surface area contributed by atoms with Crippen molar-refractivity contribution < 1.29 is 0 Å². The Kier molecular flexibility index (Phi) is 5.74. The molecule has 0 aliphatic carbocycles. The molecule has 0 N–H and O–H groups in total. The van der Waals surface area contributed by atoms with Gasteiger partial charge in [-0.1, -0.05) is 27.2 Å². The van der Waals surface area contributed by atoms with Gasteiger partial charge in [0.05, 0.1) is 12.1 Å². The maximum absolute atomic E-state index is 8.79. The molecule has 0 fully saturated rings. The van der Waals surface area contributed by atoms with Gasteiger partial charge in [-0.15, -0.1) is 0 Å². The van der Waals surface area contributed by atoms with Crippen molar-refractivity contribution in [2.45, 2.75) is 39.7 Å². The molecule has 0 spiro atoms. The van der Waals surface area contributed by atoms with Crippen molar-refractivity contribution in [3.05, 3.63) is 0 Å². The molecule has 0 amide bonds. The first kappa shape index (κ1) is 11.4. The summed E-state index contributed by atoms with van der Waals surface area (Å²) in [6, 6.07) is 2.40. The Morgan fingerprint density at radius 2 is 1.92 bits per heavy atom. The van der Waals surface area contributed by atoms with Crippen LogP contribution < -0.4 is 0 Å². The van der Waals surface area contributed by atoms with Crippen LogP contribution in [0.15, 0.2) is 0 Å². The van der Waals surface area contributed by atoms with Crippen molar-refractivity contribution in [3.63, 3.8) is 0 Å². The molecule has 2 unspecified atom stereocenters. The molecule has 0 aromatic rings. The lowest BCUT2D eigenvalue weighted by Gasteiger charge is -2.24. The van der Waals surface area contributed by atoms with Crippen LogP contribution >= 0.6 is 0 Å². The first-order chi connectivity index (χ1) is 5.65. The fraction of sp³-hybridized carbons (Fsp3) is 0.900. The average Bonchev–Trinajstić information content (AvgIpc) is 2.06. The second-order valence-electron chi connectivity index (χ2n) is 3.51. The summed E-state index contributed by atoms with van der Waals surface area (Å²) in [5.41, 5.74) is 0. The summed E-state index contributed by atoms with van der Waals surface area (Å²) in [6.45, 7) is 7.50. The quantitative estimate of drug-likeness (QED) is 0.629. The van der Waals surface area contributed by atoms with Crippen LogP contribution in [0.2, 0.25) is 0 Å². The van der Waals surface area contributed by atoms with E-state index in [-0.39, 0.29) is 6.04 Å². The van der Waals surface area contributed by atoms with Gasteiger partial charge in [0.1, 0.15) is 0 Å². The lowest BCUT2D eigenvalue weighted by atomic mass is 10.1. The van der Waals surface area contributed by atoms with Crippen LogP contribution in [0.25, 0.3) is 0 Å². The molecule has 70 valence electrons. The Labute approximate surface area is 76.2 Å². The maximum atomic E-state index is 8.79. The number of hydrogen-bond donors (Lipinski definition) is 0. The molecule has 2 nitrogen and oxygen atoms in total. The van der Waals surface area contributed by atoms with E-state index in [2.05, 4.69) is 31.7 Å². The minimum absolute atomic E-state index is 0.0963. The highest BCUT2D eigenvalue weighted by molar-refractivity contribution is 4.89. The second kappa shape index (κ2) is 6.02. The van der Waals surface area contributed by atoms with Crippen molar-refractivity contribution in [2.75, 3.05) is 13.6 Å². The lowest BCUT2D eigenvalue weighted by molar-refractivity contribution is 0.241.